The van der Waals surface area contributed by atoms with Crippen LogP contribution in [0.1, 0.15) is 0 Å². The average Bonchev–Trinajstić information content (AvgIpc) is 3.96. The van der Waals surface area contributed by atoms with Crippen LogP contribution in [0.15, 0.2) is 217 Å². The van der Waals surface area contributed by atoms with Crippen molar-refractivity contribution in [1.29, 1.82) is 0 Å². The zero-order valence-electron chi connectivity index (χ0n) is 35.4. The molecule has 66 heavy (non-hydrogen) atoms. The van der Waals surface area contributed by atoms with E-state index < -0.39 is 0 Å². The molecule has 0 aliphatic carbocycles. The summed E-state index contributed by atoms with van der Waals surface area (Å²) in [7, 11) is 0. The van der Waals surface area contributed by atoms with Gasteiger partial charge in [-0.2, -0.15) is 0 Å². The van der Waals surface area contributed by atoms with Crippen molar-refractivity contribution >= 4 is 110 Å². The molecule has 0 unspecified atom stereocenters. The number of fused-ring (bicyclic) bond motifs is 19. The maximum absolute atomic E-state index is 7.04. The van der Waals surface area contributed by atoms with Gasteiger partial charge in [-0.05, 0) is 145 Å². The molecule has 0 N–H and O–H groups in total. The molecule has 3 aromatic heterocycles. The fourth-order valence-electron chi connectivity index (χ4n) is 10.9. The van der Waals surface area contributed by atoms with Gasteiger partial charge in [0.15, 0.2) is 11.5 Å². The third-order valence-electron chi connectivity index (χ3n) is 13.9. The molecule has 1 aliphatic heterocycles. The highest BCUT2D eigenvalue weighted by molar-refractivity contribution is 6.27. The molecule has 0 spiro atoms. The van der Waals surface area contributed by atoms with Gasteiger partial charge < -0.3 is 14.1 Å². The highest BCUT2D eigenvalue weighted by Crippen LogP contribution is 2.54. The number of aromatic nitrogens is 2. The Hall–Kier alpha value is -8.93. The Labute approximate surface area is 377 Å². The van der Waals surface area contributed by atoms with Gasteiger partial charge in [0.25, 0.3) is 0 Å². The van der Waals surface area contributed by atoms with E-state index in [0.29, 0.717) is 0 Å². The van der Waals surface area contributed by atoms with Crippen molar-refractivity contribution in [3.63, 3.8) is 0 Å². The second-order valence-corrected chi connectivity index (χ2v) is 17.5. The van der Waals surface area contributed by atoms with Crippen LogP contribution in [0.5, 0.6) is 11.5 Å². The molecule has 0 saturated heterocycles. The summed E-state index contributed by atoms with van der Waals surface area (Å²) in [6.45, 7) is 0. The number of pyridine rings is 1. The Balaban J connectivity index is 0.908. The first-order valence-electron chi connectivity index (χ1n) is 22.4. The van der Waals surface area contributed by atoms with Crippen molar-refractivity contribution in [2.24, 2.45) is 0 Å². The van der Waals surface area contributed by atoms with Crippen LogP contribution in [0.2, 0.25) is 0 Å². The van der Waals surface area contributed by atoms with Crippen molar-refractivity contribution in [1.82, 2.24) is 9.38 Å². The van der Waals surface area contributed by atoms with Crippen LogP contribution >= 0.6 is 0 Å². The fourth-order valence-corrected chi connectivity index (χ4v) is 10.9. The summed E-state index contributed by atoms with van der Waals surface area (Å²) in [5, 5.41) is 12.9. The minimum absolute atomic E-state index is 0.796. The molecule has 5 nitrogen and oxygen atoms in total. The number of rotatable bonds is 3. The van der Waals surface area contributed by atoms with Gasteiger partial charge in [-0.25, -0.2) is 4.98 Å². The topological polar surface area (TPSA) is 42.9 Å². The largest absolute Gasteiger partial charge is 0.456 e. The second-order valence-electron chi connectivity index (χ2n) is 17.5. The van der Waals surface area contributed by atoms with Crippen molar-refractivity contribution < 1.29 is 9.15 Å². The summed E-state index contributed by atoms with van der Waals surface area (Å²) in [6, 6.07) is 76.2. The van der Waals surface area contributed by atoms with E-state index in [-0.39, 0.29) is 0 Å². The number of para-hydroxylation sites is 4. The first kappa shape index (κ1) is 35.5. The van der Waals surface area contributed by atoms with E-state index in [0.717, 1.165) is 94.6 Å². The predicted molar refractivity (Wildman–Crippen MR) is 273 cm³/mol. The minimum Gasteiger partial charge on any atom is -0.456 e. The van der Waals surface area contributed by atoms with Crippen LogP contribution in [0.3, 0.4) is 0 Å². The number of hydrogen-bond donors (Lipinski definition) is 0. The molecular weight excluding hydrogens is 807 g/mol. The molecule has 0 saturated carbocycles. The molecule has 0 radical (unpaired) electrons. The van der Waals surface area contributed by atoms with E-state index in [9.17, 15) is 0 Å². The summed E-state index contributed by atoms with van der Waals surface area (Å²) >= 11 is 0. The number of hydrogen-bond acceptors (Lipinski definition) is 4. The Morgan fingerprint density at radius 1 is 0.333 bits per heavy atom. The molecule has 15 rings (SSSR count). The number of benzene rings is 11. The Kier molecular flexibility index (Phi) is 7.16. The van der Waals surface area contributed by atoms with E-state index >= 15 is 0 Å². The van der Waals surface area contributed by atoms with Crippen LogP contribution < -0.4 is 9.64 Å². The lowest BCUT2D eigenvalue weighted by atomic mass is 9.90. The maximum Gasteiger partial charge on any atom is 0.152 e. The molecule has 5 heteroatoms. The molecule has 0 amide bonds. The van der Waals surface area contributed by atoms with Crippen molar-refractivity contribution in [3.8, 4) is 33.8 Å². The van der Waals surface area contributed by atoms with Crippen LogP contribution in [0.25, 0.3) is 115 Å². The quantitative estimate of drug-likeness (QED) is 0.166. The lowest BCUT2D eigenvalue weighted by molar-refractivity contribution is 0.478. The average molecular weight is 842 g/mol. The number of nitrogens with zero attached hydrogens (tertiary/aromatic N) is 3. The zero-order chi connectivity index (χ0) is 43.0. The van der Waals surface area contributed by atoms with Crippen LogP contribution in [-0.2, 0) is 0 Å². The van der Waals surface area contributed by atoms with Crippen LogP contribution in [0, 0.1) is 0 Å². The fraction of sp³-hybridized carbons (Fsp3) is 0. The van der Waals surface area contributed by atoms with Gasteiger partial charge in [-0.15, -0.1) is 0 Å². The van der Waals surface area contributed by atoms with Crippen molar-refractivity contribution in [2.75, 3.05) is 4.90 Å². The van der Waals surface area contributed by atoms with Crippen LogP contribution in [0.4, 0.5) is 17.1 Å². The van der Waals surface area contributed by atoms with Gasteiger partial charge in [0.1, 0.15) is 16.8 Å². The van der Waals surface area contributed by atoms with Gasteiger partial charge in [0.2, 0.25) is 0 Å². The lowest BCUT2D eigenvalue weighted by Crippen LogP contribution is -2.16. The zero-order valence-corrected chi connectivity index (χ0v) is 35.4. The SMILES string of the molecule is c1ccc(N2c3ccc(-c4ccc5c(c4)oc4ccccc45)cc3Oc3cc4c5ccc(-c6ccc7c(c6)c6ccccc6c6nc8ccccc8n76)cc5c5ccccc5c4cc32)cc1. The molecule has 306 valence electrons. The van der Waals surface area contributed by atoms with E-state index in [2.05, 4.69) is 209 Å². The molecule has 0 fully saturated rings. The first-order chi connectivity index (χ1) is 32.7. The van der Waals surface area contributed by atoms with E-state index in [1.165, 1.54) is 48.8 Å². The lowest BCUT2D eigenvalue weighted by Gasteiger charge is -2.33. The summed E-state index contributed by atoms with van der Waals surface area (Å²) in [6.07, 6.45) is 0. The second kappa shape index (κ2) is 13.3. The molecule has 11 aromatic carbocycles. The third kappa shape index (κ3) is 5.02. The predicted octanol–water partition coefficient (Wildman–Crippen LogP) is 17.1. The van der Waals surface area contributed by atoms with Crippen molar-refractivity contribution in [3.05, 3.63) is 212 Å². The van der Waals surface area contributed by atoms with Crippen LogP contribution in [-0.4, -0.2) is 9.38 Å². The highest BCUT2D eigenvalue weighted by Gasteiger charge is 2.28. The molecule has 4 heterocycles. The van der Waals surface area contributed by atoms with E-state index in [1.54, 1.807) is 0 Å². The number of imidazole rings is 1. The van der Waals surface area contributed by atoms with Crippen molar-refractivity contribution in [2.45, 2.75) is 0 Å². The normalized spacial score (nSPS) is 12.6. The molecule has 1 aliphatic rings. The number of furan rings is 1. The Bertz CT molecular complexity index is 4390. The van der Waals surface area contributed by atoms with Gasteiger partial charge in [-0.1, -0.05) is 127 Å². The molecule has 0 bridgehead atoms. The first-order valence-corrected chi connectivity index (χ1v) is 22.4. The van der Waals surface area contributed by atoms with Gasteiger partial charge in [-0.3, -0.25) is 4.40 Å². The minimum atomic E-state index is 0.796. The standard InChI is InChI=1S/C61H35N3O2/c1-2-12-40(13-3-1)63-55-29-25-39(38-23-27-46-45-17-8-11-21-57(45)65-58(46)32-38)33-59(55)66-60-35-50-44-26-22-36(30-48(44)41-14-4-5-15-42(41)49(50)34-56(60)63)37-24-28-53-51(31-37)43-16-6-7-18-47(43)61-62-52-19-9-10-20-54(52)64(53)61/h1-35H. The maximum atomic E-state index is 7.04. The Morgan fingerprint density at radius 2 is 0.894 bits per heavy atom. The van der Waals surface area contributed by atoms with E-state index in [4.69, 9.17) is 14.1 Å². The summed E-state index contributed by atoms with van der Waals surface area (Å²) in [5.41, 5.74) is 13.5. The number of ether oxygens (including phenoxy) is 1. The van der Waals surface area contributed by atoms with Gasteiger partial charge >= 0.3 is 0 Å². The monoisotopic (exact) mass is 841 g/mol. The van der Waals surface area contributed by atoms with Gasteiger partial charge in [0.05, 0.1) is 27.9 Å². The molecular formula is C61H35N3O2. The molecule has 0 atom stereocenters. The summed E-state index contributed by atoms with van der Waals surface area (Å²) in [5.74, 6) is 1.61. The molecule has 14 aromatic rings. The van der Waals surface area contributed by atoms with E-state index in [1.807, 2.05) is 12.1 Å². The summed E-state index contributed by atoms with van der Waals surface area (Å²) < 4.78 is 15.7. The smallest absolute Gasteiger partial charge is 0.152 e. The third-order valence-corrected chi connectivity index (χ3v) is 13.9. The summed E-state index contributed by atoms with van der Waals surface area (Å²) in [4.78, 5) is 7.44. The van der Waals surface area contributed by atoms with Gasteiger partial charge in [0, 0.05) is 27.2 Å². The Morgan fingerprint density at radius 3 is 1.73 bits per heavy atom. The highest BCUT2D eigenvalue weighted by atomic mass is 16.5. The number of anilines is 3.